The molecule has 108 heavy (non-hydrogen) atoms. The summed E-state index contributed by atoms with van der Waals surface area (Å²) in [5.41, 5.74) is 1.26. The molecule has 0 radical (unpaired) electrons. The van der Waals surface area contributed by atoms with Gasteiger partial charge >= 0.3 is 0 Å². The van der Waals surface area contributed by atoms with Crippen LogP contribution in [0.15, 0.2) is 58.3 Å². The van der Waals surface area contributed by atoms with Gasteiger partial charge in [-0.15, -0.1) is 0 Å². The third-order valence-electron chi connectivity index (χ3n) is 19.9. The van der Waals surface area contributed by atoms with Gasteiger partial charge in [0.05, 0.1) is 62.6 Å². The molecule has 0 aromatic heterocycles. The van der Waals surface area contributed by atoms with Crippen LogP contribution in [-0.4, -0.2) is 428 Å². The average Bonchev–Trinajstić information content (AvgIpc) is 0.773. The number of ether oxygens (including phenoxy) is 16. The highest BCUT2D eigenvalue weighted by Crippen LogP contribution is 2.41. The predicted octanol–water partition coefficient (Wildman–Crippen LogP) is -14.0. The van der Waals surface area contributed by atoms with E-state index in [2.05, 4.69) is 0 Å². The molecule has 616 valence electrons. The Morgan fingerprint density at radius 3 is 0.546 bits per heavy atom. The fraction of sp³-hybridized carbons (Fsp3) is 0.806. The van der Waals surface area contributed by atoms with Crippen molar-refractivity contribution in [1.29, 1.82) is 0 Å². The van der Waals surface area contributed by atoms with Gasteiger partial charge in [-0.25, -0.2) is 0 Å². The Balaban J connectivity index is 0.893. The van der Waals surface area contributed by atoms with Gasteiger partial charge in [-0.3, -0.25) is 8.37 Å². The first-order valence-electron chi connectivity index (χ1n) is 34.1. The third-order valence-corrected chi connectivity index (χ3v) is 22.5. The van der Waals surface area contributed by atoms with Gasteiger partial charge in [0.25, 0.3) is 20.2 Å². The molecule has 30 aliphatic rings. The smallest absolute Gasteiger partial charge is 0.297 e. The van der Waals surface area contributed by atoms with Gasteiger partial charge in [-0.05, 0) is 38.1 Å². The monoisotopic (exact) mass is 1600 g/mol. The summed E-state index contributed by atoms with van der Waals surface area (Å²) >= 11 is 0. The van der Waals surface area contributed by atoms with E-state index in [1.807, 2.05) is 0 Å². The van der Waals surface area contributed by atoms with Crippen molar-refractivity contribution in [2.24, 2.45) is 0 Å². The molecule has 30 heterocycles. The van der Waals surface area contributed by atoms with Crippen LogP contribution in [0.2, 0.25) is 0 Å². The number of benzene rings is 2. The summed E-state index contributed by atoms with van der Waals surface area (Å²) in [7, 11) is -9.56. The van der Waals surface area contributed by atoms with E-state index in [-0.39, 0.29) is 0 Å². The van der Waals surface area contributed by atoms with Crippen LogP contribution in [0.5, 0.6) is 0 Å². The van der Waals surface area contributed by atoms with Crippen molar-refractivity contribution in [3.63, 3.8) is 0 Å². The first-order chi connectivity index (χ1) is 51.2. The number of aliphatic hydroxyl groups is 22. The molecule has 0 aliphatic carbocycles. The van der Waals surface area contributed by atoms with Gasteiger partial charge in [0.15, 0.2) is 50.3 Å². The number of aliphatic hydroxyl groups excluding tert-OH is 22. The summed E-state index contributed by atoms with van der Waals surface area (Å²) in [5.74, 6) is 0. The van der Waals surface area contributed by atoms with Crippen LogP contribution < -0.4 is 0 Å². The maximum Gasteiger partial charge on any atom is 0.297 e. The molecule has 30 aliphatic heterocycles. The molecular weight excluding hydrogens is 1510 g/mol. The van der Waals surface area contributed by atoms with Gasteiger partial charge in [0.2, 0.25) is 0 Å². The van der Waals surface area contributed by atoms with Gasteiger partial charge in [-0.2, -0.15) is 16.8 Å². The molecule has 2 aromatic rings. The van der Waals surface area contributed by atoms with Gasteiger partial charge < -0.3 is 188 Å². The van der Waals surface area contributed by atoms with E-state index in [0.717, 1.165) is 0 Å². The van der Waals surface area contributed by atoms with Gasteiger partial charge in [-0.1, -0.05) is 35.4 Å². The van der Waals surface area contributed by atoms with Crippen molar-refractivity contribution < 1.29 is 213 Å². The molecule has 40 atom stereocenters. The summed E-state index contributed by atoms with van der Waals surface area (Å²) in [4.78, 5) is -0.817. The predicted molar refractivity (Wildman–Crippen MR) is 336 cm³/mol. The van der Waals surface area contributed by atoms with E-state index in [1.165, 1.54) is 48.5 Å². The maximum absolute atomic E-state index is 13.6. The zero-order chi connectivity index (χ0) is 78.4. The molecule has 44 nitrogen and oxygen atoms in total. The Hall–Kier alpha value is -3.26. The lowest BCUT2D eigenvalue weighted by molar-refractivity contribution is -0.403. The van der Waals surface area contributed by atoms with Crippen molar-refractivity contribution in [3.05, 3.63) is 59.7 Å². The number of hydrogen-bond acceptors (Lipinski definition) is 44. The van der Waals surface area contributed by atoms with Gasteiger partial charge in [0, 0.05) is 0 Å². The second kappa shape index (κ2) is 35.9. The van der Waals surface area contributed by atoms with Crippen molar-refractivity contribution in [1.82, 2.24) is 0 Å². The normalized spacial score (nSPS) is 47.6. The minimum absolute atomic E-state index is 0.409. The van der Waals surface area contributed by atoms with Crippen LogP contribution in [0, 0.1) is 13.8 Å². The Labute approximate surface area is 613 Å². The third kappa shape index (κ3) is 17.8. The summed E-state index contributed by atoms with van der Waals surface area (Å²) in [6.07, 6.45) is -87.6. The number of aryl methyl sites for hydroxylation is 2. The van der Waals surface area contributed by atoms with E-state index >= 15 is 0 Å². The first kappa shape index (κ1) is 85.6. The van der Waals surface area contributed by atoms with Crippen LogP contribution in [0.1, 0.15) is 11.1 Å². The van der Waals surface area contributed by atoms with E-state index in [9.17, 15) is 129 Å². The SMILES string of the molecule is Cc1ccc(S(=O)(=O)OC[C@H]2O[C@@H]3O[C@H]4[C@H](O)[C@@H](O)[C@@H](O[C@H]5[C@H](O)[C@@H](O)[C@@H](O[C@H]6[C@H](O)[C@@H](O)[C@@H](O[C@H]7[C@H](O)[C@@H](O)[C@@H](O[C@H]8[C@H](O)[C@@H](O)[C@@H](O[C@H]9[C@H](O)[C@@H](O)[C@@H](O[C@H]%10[C@H](O)[C@@H](O)[C@@H](O[C@H]2[C@H](O)[C@H]3O)O[C@@H]%10CO)O[C@@H]9CO)O[C@@H]8CO)O[C@@H]7COS(=O)(=O)c2ccc(C)cc2)O[C@@H]6CO)O[C@@H]5CO)O[C@@H]4CO)cc1. The minimum Gasteiger partial charge on any atom is -0.394 e. The van der Waals surface area contributed by atoms with E-state index in [1.54, 1.807) is 13.8 Å². The minimum atomic E-state index is -4.78. The first-order valence-corrected chi connectivity index (χ1v) is 36.9. The van der Waals surface area contributed by atoms with Crippen LogP contribution in [0.4, 0.5) is 0 Å². The summed E-state index contributed by atoms with van der Waals surface area (Å²) in [5, 5.41) is 251. The van der Waals surface area contributed by atoms with Crippen molar-refractivity contribution in [2.45, 2.75) is 269 Å². The molecule has 30 fully saturated rings. The Bertz CT molecular complexity index is 3180. The number of rotatable bonds is 14. The zero-order valence-electron chi connectivity index (χ0n) is 57.0. The van der Waals surface area contributed by atoms with Crippen molar-refractivity contribution in [2.75, 3.05) is 52.9 Å². The van der Waals surface area contributed by atoms with E-state index < -0.39 is 329 Å². The Morgan fingerprint density at radius 2 is 0.389 bits per heavy atom. The highest BCUT2D eigenvalue weighted by molar-refractivity contribution is 7.87. The van der Waals surface area contributed by atoms with Crippen molar-refractivity contribution >= 4 is 20.2 Å². The lowest BCUT2D eigenvalue weighted by Crippen LogP contribution is -2.69. The molecule has 22 N–H and O–H groups in total. The molecule has 30 saturated heterocycles. The lowest BCUT2D eigenvalue weighted by atomic mass is 9.94. The maximum atomic E-state index is 13.6. The van der Waals surface area contributed by atoms with Crippen LogP contribution in [-0.2, 0) is 104 Å². The molecule has 0 amide bonds. The molecule has 16 bridgehead atoms. The Morgan fingerprint density at radius 1 is 0.241 bits per heavy atom. The van der Waals surface area contributed by atoms with Crippen LogP contribution in [0.25, 0.3) is 0 Å². The second-order valence-electron chi connectivity index (χ2n) is 27.2. The molecule has 46 heteroatoms. The topological polar surface area (TPSA) is 679 Å². The summed E-state index contributed by atoms with van der Waals surface area (Å²) < 4.78 is 158. The fourth-order valence-corrected chi connectivity index (χ4v) is 15.6. The number of hydrogen-bond donors (Lipinski definition) is 22. The molecule has 0 saturated carbocycles. The van der Waals surface area contributed by atoms with Crippen molar-refractivity contribution in [3.8, 4) is 0 Å². The molecule has 32 rings (SSSR count). The molecule has 0 spiro atoms. The highest BCUT2D eigenvalue weighted by atomic mass is 32.2. The summed E-state index contributed by atoms with van der Waals surface area (Å²) in [6, 6.07) is 10.4. The quantitative estimate of drug-likeness (QED) is 0.0781. The van der Waals surface area contributed by atoms with E-state index in [0.29, 0.717) is 11.1 Å². The zero-order valence-corrected chi connectivity index (χ0v) is 58.6. The highest BCUT2D eigenvalue weighted by Gasteiger charge is 2.61. The largest absolute Gasteiger partial charge is 0.394 e. The molecule has 2 aromatic carbocycles. The van der Waals surface area contributed by atoms with E-state index in [4.69, 9.17) is 84.2 Å². The van der Waals surface area contributed by atoms with Crippen LogP contribution in [0.3, 0.4) is 0 Å². The fourth-order valence-electron chi connectivity index (χ4n) is 13.7. The molecule has 0 unspecified atom stereocenters. The Kier molecular flexibility index (Phi) is 28.4. The second-order valence-corrected chi connectivity index (χ2v) is 30.4. The average molecular weight is 1610 g/mol. The van der Waals surface area contributed by atoms with Crippen LogP contribution >= 0.6 is 0 Å². The molecular formula is C62H92O44S2. The van der Waals surface area contributed by atoms with Gasteiger partial charge in [0.1, 0.15) is 195 Å². The standard InChI is InChI=1S/C62H92O44S2/c1-19-3-7-21(8-4-19)107(85,86)89-17-29-53-37(75)45(83)61(97-29)103-51-27(15-67)93-57(41(79)33(51)71)99-47-23(11-63)92-56(40(78)32(47)70)102-50-26(14-66)96-60(44(82)36(50)74)106-54-30(18-90-108(87,88)22-9-5-20(2)6-10-22)98-62(46(84)38(54)76)104-52-28(16-68)94-58(42(80)34(52)72)100-48-24(12-64)91-55(39(77)31(48)69)101-49-25(13-65)95-59(105-53)43(81)35(49)73/h3-10,23-84H,11-18H2,1-2H3/t23-,24-,25-,26-,27-,28-,29-,30-,31-,32-,33-,34-,35-,36-,37-,38-,39-,40-,41-,42-,43-,44-,45-,46-,47-,48-,49-,50-,51-,52-,53-,54-,55-,56-,57-,58-,59-,60-,61-,62-/m1/s1. The lowest BCUT2D eigenvalue weighted by Gasteiger charge is -2.50. The summed E-state index contributed by atoms with van der Waals surface area (Å²) in [6.45, 7) is -6.06.